The number of carbonyl (C=O) groups excluding carboxylic acids is 2. The number of benzene rings is 2. The molecule has 3 rings (SSSR count). The van der Waals surface area contributed by atoms with Gasteiger partial charge in [0, 0.05) is 38.4 Å². The quantitative estimate of drug-likeness (QED) is 0.565. The van der Waals surface area contributed by atoms with Crippen LogP contribution in [0.25, 0.3) is 0 Å². The average Bonchev–Trinajstić information content (AvgIpc) is 2.78. The fraction of sp³-hybridized carbons (Fsp3) is 0.375. The maximum absolute atomic E-state index is 13.9. The highest BCUT2D eigenvalue weighted by molar-refractivity contribution is 6.08. The molecule has 2 amide bonds. The van der Waals surface area contributed by atoms with Crippen molar-refractivity contribution in [3.63, 3.8) is 0 Å². The van der Waals surface area contributed by atoms with Gasteiger partial charge in [0.25, 0.3) is 5.91 Å². The Morgan fingerprint density at radius 3 is 2.36 bits per heavy atom. The molecule has 0 bridgehead atoms. The maximum Gasteiger partial charge on any atom is 0.337 e. The zero-order chi connectivity index (χ0) is 24.0. The maximum atomic E-state index is 13.9. The molecule has 0 unspecified atom stereocenters. The number of carboxylic acids is 1. The molecular weight excluding hydrogens is 427 g/mol. The lowest BCUT2D eigenvalue weighted by Crippen LogP contribution is -2.49. The van der Waals surface area contributed by atoms with Gasteiger partial charge in [0.1, 0.15) is 5.82 Å². The Bertz CT molecular complexity index is 1020. The SMILES string of the molecule is CC(C)CNC(=O)CN1CCN(c2ccc(NC(=O)c3ccccc3F)c(C(=O)O)c2)CC1. The van der Waals surface area contributed by atoms with Gasteiger partial charge in [0.2, 0.25) is 5.91 Å². The molecule has 9 heteroatoms. The van der Waals surface area contributed by atoms with Crippen LogP contribution in [0.2, 0.25) is 0 Å². The number of hydrogen-bond acceptors (Lipinski definition) is 5. The molecule has 176 valence electrons. The molecule has 33 heavy (non-hydrogen) atoms. The highest BCUT2D eigenvalue weighted by Crippen LogP contribution is 2.25. The Balaban J connectivity index is 1.64. The van der Waals surface area contributed by atoms with Gasteiger partial charge in [-0.1, -0.05) is 26.0 Å². The number of rotatable bonds is 8. The molecule has 3 N–H and O–H groups in total. The Kier molecular flexibility index (Phi) is 8.00. The normalized spacial score (nSPS) is 14.2. The van der Waals surface area contributed by atoms with Crippen molar-refractivity contribution in [2.24, 2.45) is 5.92 Å². The first-order chi connectivity index (χ1) is 15.7. The van der Waals surface area contributed by atoms with Crippen LogP contribution in [-0.2, 0) is 4.79 Å². The van der Waals surface area contributed by atoms with Crippen molar-refractivity contribution in [3.05, 3.63) is 59.4 Å². The second-order valence-corrected chi connectivity index (χ2v) is 8.43. The number of amides is 2. The van der Waals surface area contributed by atoms with E-state index in [1.54, 1.807) is 6.07 Å². The van der Waals surface area contributed by atoms with Gasteiger partial charge in [-0.25, -0.2) is 9.18 Å². The molecule has 1 heterocycles. The second kappa shape index (κ2) is 10.9. The summed E-state index contributed by atoms with van der Waals surface area (Å²) in [7, 11) is 0. The number of aromatic carboxylic acids is 1. The zero-order valence-corrected chi connectivity index (χ0v) is 18.8. The molecule has 0 saturated carbocycles. The van der Waals surface area contributed by atoms with E-state index in [2.05, 4.69) is 15.5 Å². The molecule has 0 spiro atoms. The zero-order valence-electron chi connectivity index (χ0n) is 18.8. The van der Waals surface area contributed by atoms with Gasteiger partial charge in [-0.2, -0.15) is 0 Å². The first kappa shape index (κ1) is 24.2. The second-order valence-electron chi connectivity index (χ2n) is 8.43. The third-order valence-corrected chi connectivity index (χ3v) is 5.41. The third kappa shape index (κ3) is 6.52. The Hall–Kier alpha value is -3.46. The molecule has 0 radical (unpaired) electrons. The van der Waals surface area contributed by atoms with E-state index in [1.165, 1.54) is 36.4 Å². The van der Waals surface area contributed by atoms with E-state index >= 15 is 0 Å². The molecule has 1 fully saturated rings. The van der Waals surface area contributed by atoms with E-state index in [9.17, 15) is 23.9 Å². The van der Waals surface area contributed by atoms with Gasteiger partial charge in [-0.05, 0) is 36.2 Å². The molecule has 0 aliphatic carbocycles. The third-order valence-electron chi connectivity index (χ3n) is 5.41. The summed E-state index contributed by atoms with van der Waals surface area (Å²) in [5.74, 6) is -2.19. The van der Waals surface area contributed by atoms with Crippen molar-refractivity contribution in [3.8, 4) is 0 Å². The van der Waals surface area contributed by atoms with Crippen molar-refractivity contribution in [2.45, 2.75) is 13.8 Å². The van der Waals surface area contributed by atoms with Gasteiger partial charge in [0.05, 0.1) is 23.4 Å². The fourth-order valence-corrected chi connectivity index (χ4v) is 3.59. The number of nitrogens with zero attached hydrogens (tertiary/aromatic N) is 2. The molecule has 2 aromatic rings. The van der Waals surface area contributed by atoms with E-state index in [0.717, 1.165) is 0 Å². The van der Waals surface area contributed by atoms with Crippen LogP contribution in [0.1, 0.15) is 34.6 Å². The van der Waals surface area contributed by atoms with Crippen LogP contribution in [0.15, 0.2) is 42.5 Å². The van der Waals surface area contributed by atoms with Crippen LogP contribution >= 0.6 is 0 Å². The largest absolute Gasteiger partial charge is 0.478 e. The smallest absolute Gasteiger partial charge is 0.337 e. The molecule has 8 nitrogen and oxygen atoms in total. The number of halogens is 1. The van der Waals surface area contributed by atoms with E-state index in [4.69, 9.17) is 0 Å². The number of carboxylic acid groups (broad SMARTS) is 1. The first-order valence-corrected chi connectivity index (χ1v) is 10.9. The Labute approximate surface area is 192 Å². The van der Waals surface area contributed by atoms with Gasteiger partial charge < -0.3 is 20.6 Å². The summed E-state index contributed by atoms with van der Waals surface area (Å²) in [4.78, 5) is 40.4. The summed E-state index contributed by atoms with van der Waals surface area (Å²) in [6.45, 7) is 7.68. The lowest BCUT2D eigenvalue weighted by molar-refractivity contribution is -0.122. The number of hydrogen-bond donors (Lipinski definition) is 3. The van der Waals surface area contributed by atoms with Gasteiger partial charge in [-0.3, -0.25) is 14.5 Å². The molecular formula is C24H29FN4O4. The summed E-state index contributed by atoms with van der Waals surface area (Å²) in [5, 5.41) is 15.1. The van der Waals surface area contributed by atoms with Crippen LogP contribution in [0.3, 0.4) is 0 Å². The number of anilines is 2. The van der Waals surface area contributed by atoms with Crippen LogP contribution < -0.4 is 15.5 Å². The van der Waals surface area contributed by atoms with Crippen molar-refractivity contribution in [2.75, 3.05) is 49.5 Å². The summed E-state index contributed by atoms with van der Waals surface area (Å²) in [6.07, 6.45) is 0. The predicted molar refractivity (Wildman–Crippen MR) is 124 cm³/mol. The number of carbonyl (C=O) groups is 3. The van der Waals surface area contributed by atoms with E-state index in [1.807, 2.05) is 18.7 Å². The van der Waals surface area contributed by atoms with Crippen LogP contribution in [0.5, 0.6) is 0 Å². The summed E-state index contributed by atoms with van der Waals surface area (Å²) < 4.78 is 13.9. The van der Waals surface area contributed by atoms with Crippen LogP contribution in [0, 0.1) is 11.7 Å². The molecule has 0 aromatic heterocycles. The standard InChI is InChI=1S/C24H29FN4O4/c1-16(2)14-26-22(30)15-28-9-11-29(12-10-28)17-7-8-21(19(13-17)24(32)33)27-23(31)18-5-3-4-6-20(18)25/h3-8,13,16H,9-12,14-15H2,1-2H3,(H,26,30)(H,27,31)(H,32,33). The summed E-state index contributed by atoms with van der Waals surface area (Å²) >= 11 is 0. The Morgan fingerprint density at radius 2 is 1.73 bits per heavy atom. The molecule has 1 aliphatic rings. The predicted octanol–water partition coefficient (Wildman–Crippen LogP) is 2.67. The minimum Gasteiger partial charge on any atom is -0.478 e. The van der Waals surface area contributed by atoms with Crippen molar-refractivity contribution >= 4 is 29.2 Å². The molecule has 1 aliphatic heterocycles. The van der Waals surface area contributed by atoms with E-state index in [-0.39, 0.29) is 22.7 Å². The van der Waals surface area contributed by atoms with Gasteiger partial charge in [-0.15, -0.1) is 0 Å². The summed E-state index contributed by atoms with van der Waals surface area (Å²) in [6, 6.07) is 10.3. The average molecular weight is 457 g/mol. The van der Waals surface area contributed by atoms with E-state index < -0.39 is 17.7 Å². The fourth-order valence-electron chi connectivity index (χ4n) is 3.59. The molecule has 2 aromatic carbocycles. The van der Waals surface area contributed by atoms with Crippen LogP contribution in [-0.4, -0.2) is 67.1 Å². The van der Waals surface area contributed by atoms with Crippen LogP contribution in [0.4, 0.5) is 15.8 Å². The lowest BCUT2D eigenvalue weighted by Gasteiger charge is -2.36. The minimum atomic E-state index is -1.19. The van der Waals surface area contributed by atoms with Gasteiger partial charge in [0.15, 0.2) is 0 Å². The van der Waals surface area contributed by atoms with Crippen molar-refractivity contribution in [1.29, 1.82) is 0 Å². The van der Waals surface area contributed by atoms with Gasteiger partial charge >= 0.3 is 5.97 Å². The highest BCUT2D eigenvalue weighted by atomic mass is 19.1. The lowest BCUT2D eigenvalue weighted by atomic mass is 10.1. The minimum absolute atomic E-state index is 0.000241. The first-order valence-electron chi connectivity index (χ1n) is 10.9. The Morgan fingerprint density at radius 1 is 1.03 bits per heavy atom. The van der Waals surface area contributed by atoms with Crippen molar-refractivity contribution in [1.82, 2.24) is 10.2 Å². The van der Waals surface area contributed by atoms with Crippen molar-refractivity contribution < 1.29 is 23.9 Å². The number of piperazine rings is 1. The molecule has 1 saturated heterocycles. The topological polar surface area (TPSA) is 102 Å². The van der Waals surface area contributed by atoms with E-state index in [0.29, 0.717) is 50.9 Å². The highest BCUT2D eigenvalue weighted by Gasteiger charge is 2.22. The molecule has 0 atom stereocenters. The summed E-state index contributed by atoms with van der Waals surface area (Å²) in [5.41, 5.74) is 0.569. The monoisotopic (exact) mass is 456 g/mol. The number of nitrogens with one attached hydrogen (secondary N) is 2.